The first-order valence-electron chi connectivity index (χ1n) is 11.0. The average molecular weight is 451 g/mol. The van der Waals surface area contributed by atoms with Gasteiger partial charge in [-0.15, -0.1) is 11.3 Å². The molecule has 5 rings (SSSR count). The van der Waals surface area contributed by atoms with E-state index in [9.17, 15) is 9.59 Å². The molecule has 0 saturated heterocycles. The van der Waals surface area contributed by atoms with Crippen LogP contribution in [-0.2, 0) is 12.8 Å². The Morgan fingerprint density at radius 3 is 2.84 bits per heavy atom. The number of hydrogen-bond donors (Lipinski definition) is 1. The number of aromatic nitrogens is 2. The Balaban J connectivity index is 1.63. The van der Waals surface area contributed by atoms with Gasteiger partial charge in [-0.3, -0.25) is 4.79 Å². The van der Waals surface area contributed by atoms with Crippen molar-refractivity contribution in [2.45, 2.75) is 47.0 Å². The van der Waals surface area contributed by atoms with E-state index in [1.807, 2.05) is 19.1 Å². The van der Waals surface area contributed by atoms with Crippen molar-refractivity contribution < 1.29 is 9.15 Å². The number of hydrogen-bond acceptors (Lipinski definition) is 6. The Labute approximate surface area is 189 Å². The van der Waals surface area contributed by atoms with Crippen molar-refractivity contribution >= 4 is 32.5 Å². The quantitative estimate of drug-likeness (QED) is 0.428. The van der Waals surface area contributed by atoms with E-state index in [4.69, 9.17) is 14.1 Å². The summed E-state index contributed by atoms with van der Waals surface area (Å²) in [5.74, 6) is 1.34. The molecule has 1 atom stereocenters. The SMILES string of the molecule is CCOc1cccc2cc(-c3nc4sc5c(c4c(=O)[nH]3)CC[C@@H](C(C)(C)C)C5)c(=O)oc12. The molecule has 0 bridgehead atoms. The van der Waals surface area contributed by atoms with Crippen LogP contribution in [0.5, 0.6) is 5.75 Å². The highest BCUT2D eigenvalue weighted by Crippen LogP contribution is 2.42. The number of fused-ring (bicyclic) bond motifs is 4. The second-order valence-electron chi connectivity index (χ2n) is 9.46. The van der Waals surface area contributed by atoms with Crippen LogP contribution >= 0.6 is 11.3 Å². The van der Waals surface area contributed by atoms with Gasteiger partial charge < -0.3 is 14.1 Å². The Hall–Kier alpha value is -2.93. The van der Waals surface area contributed by atoms with Gasteiger partial charge in [-0.25, -0.2) is 9.78 Å². The minimum Gasteiger partial charge on any atom is -0.490 e. The first kappa shape index (κ1) is 20.9. The van der Waals surface area contributed by atoms with E-state index in [1.54, 1.807) is 23.5 Å². The fraction of sp³-hybridized carbons (Fsp3) is 0.400. The van der Waals surface area contributed by atoms with E-state index in [0.717, 1.165) is 24.8 Å². The smallest absolute Gasteiger partial charge is 0.347 e. The van der Waals surface area contributed by atoms with Crippen LogP contribution in [0.3, 0.4) is 0 Å². The van der Waals surface area contributed by atoms with Gasteiger partial charge in [0.1, 0.15) is 16.2 Å². The molecule has 1 aliphatic carbocycles. The molecule has 6 nitrogen and oxygen atoms in total. The van der Waals surface area contributed by atoms with E-state index in [-0.39, 0.29) is 22.4 Å². The van der Waals surface area contributed by atoms with Crippen molar-refractivity contribution in [1.29, 1.82) is 0 Å². The van der Waals surface area contributed by atoms with Gasteiger partial charge in [0.15, 0.2) is 11.3 Å². The fourth-order valence-corrected chi connectivity index (χ4v) is 5.90. The number of para-hydroxylation sites is 1. The second kappa shape index (κ2) is 7.59. The van der Waals surface area contributed by atoms with Crippen LogP contribution in [0, 0.1) is 11.3 Å². The van der Waals surface area contributed by atoms with Crippen molar-refractivity contribution in [3.05, 3.63) is 55.5 Å². The highest BCUT2D eigenvalue weighted by molar-refractivity contribution is 7.18. The topological polar surface area (TPSA) is 85.2 Å². The van der Waals surface area contributed by atoms with Crippen molar-refractivity contribution in [3.63, 3.8) is 0 Å². The van der Waals surface area contributed by atoms with Crippen LogP contribution in [0.1, 0.15) is 44.6 Å². The van der Waals surface area contributed by atoms with Gasteiger partial charge in [0.05, 0.1) is 12.0 Å². The summed E-state index contributed by atoms with van der Waals surface area (Å²) >= 11 is 1.58. The van der Waals surface area contributed by atoms with Crippen LogP contribution < -0.4 is 15.9 Å². The van der Waals surface area contributed by atoms with Crippen LogP contribution in [-0.4, -0.2) is 16.6 Å². The maximum atomic E-state index is 13.1. The van der Waals surface area contributed by atoms with Crippen LogP contribution in [0.25, 0.3) is 32.6 Å². The summed E-state index contributed by atoms with van der Waals surface area (Å²) in [6.07, 6.45) is 2.92. The molecule has 0 unspecified atom stereocenters. The van der Waals surface area contributed by atoms with Gasteiger partial charge >= 0.3 is 5.63 Å². The number of nitrogens with zero attached hydrogens (tertiary/aromatic N) is 1. The molecular weight excluding hydrogens is 424 g/mol. The zero-order valence-electron chi connectivity index (χ0n) is 18.7. The lowest BCUT2D eigenvalue weighted by Gasteiger charge is -2.33. The van der Waals surface area contributed by atoms with Crippen molar-refractivity contribution in [2.75, 3.05) is 6.61 Å². The summed E-state index contributed by atoms with van der Waals surface area (Å²) in [6.45, 7) is 9.16. The number of aromatic amines is 1. The molecule has 4 aromatic rings. The molecule has 3 heterocycles. The fourth-order valence-electron chi connectivity index (χ4n) is 4.60. The molecule has 3 aromatic heterocycles. The molecule has 1 N–H and O–H groups in total. The molecule has 1 aliphatic rings. The number of H-pyrrole nitrogens is 1. The zero-order valence-corrected chi connectivity index (χ0v) is 19.5. The molecule has 7 heteroatoms. The minimum atomic E-state index is -0.554. The minimum absolute atomic E-state index is 0.195. The molecule has 32 heavy (non-hydrogen) atoms. The monoisotopic (exact) mass is 450 g/mol. The number of ether oxygens (including phenoxy) is 1. The third-order valence-corrected chi connectivity index (χ3v) is 7.57. The summed E-state index contributed by atoms with van der Waals surface area (Å²) in [5, 5.41) is 1.39. The Bertz CT molecular complexity index is 1460. The number of nitrogens with one attached hydrogen (secondary N) is 1. The molecule has 0 aliphatic heterocycles. The van der Waals surface area contributed by atoms with Crippen LogP contribution in [0.15, 0.2) is 38.3 Å². The lowest BCUT2D eigenvalue weighted by atomic mass is 9.72. The van der Waals surface area contributed by atoms with Crippen LogP contribution in [0.4, 0.5) is 0 Å². The van der Waals surface area contributed by atoms with Gasteiger partial charge in [0, 0.05) is 10.3 Å². The molecule has 0 amide bonds. The first-order chi connectivity index (χ1) is 15.3. The molecule has 0 saturated carbocycles. The molecule has 1 aromatic carbocycles. The number of aryl methyl sites for hydroxylation is 1. The van der Waals surface area contributed by atoms with Crippen molar-refractivity contribution in [2.24, 2.45) is 11.3 Å². The first-order valence-corrected chi connectivity index (χ1v) is 11.8. The highest BCUT2D eigenvalue weighted by atomic mass is 32.1. The Morgan fingerprint density at radius 2 is 2.09 bits per heavy atom. The molecule has 0 spiro atoms. The summed E-state index contributed by atoms with van der Waals surface area (Å²) in [6, 6.07) is 7.16. The Morgan fingerprint density at radius 1 is 1.28 bits per heavy atom. The van der Waals surface area contributed by atoms with Gasteiger partial charge in [-0.2, -0.15) is 0 Å². The van der Waals surface area contributed by atoms with Gasteiger partial charge in [0.25, 0.3) is 5.56 Å². The second-order valence-corrected chi connectivity index (χ2v) is 10.5. The Kier molecular flexibility index (Phi) is 4.97. The lowest BCUT2D eigenvalue weighted by Crippen LogP contribution is -2.26. The molecule has 0 radical (unpaired) electrons. The summed E-state index contributed by atoms with van der Waals surface area (Å²) in [7, 11) is 0. The standard InChI is InChI=1S/C25H26N2O4S/c1-5-30-17-8-6-7-13-11-16(24(29)31-20(13)17)21-26-22(28)19-15-10-9-14(25(2,3)4)12-18(15)32-23(19)27-21/h6-8,11,14H,5,9-10,12H2,1-4H3,(H,26,27,28)/t14-/m1/s1. The van der Waals surface area contributed by atoms with Crippen LogP contribution in [0.2, 0.25) is 0 Å². The number of benzene rings is 1. The average Bonchev–Trinajstić information content (AvgIpc) is 3.11. The van der Waals surface area contributed by atoms with E-state index >= 15 is 0 Å². The summed E-state index contributed by atoms with van der Waals surface area (Å²) < 4.78 is 11.1. The van der Waals surface area contributed by atoms with Crippen molar-refractivity contribution in [1.82, 2.24) is 9.97 Å². The maximum Gasteiger partial charge on any atom is 0.347 e. The lowest BCUT2D eigenvalue weighted by molar-refractivity contribution is 0.218. The van der Waals surface area contributed by atoms with E-state index in [2.05, 4.69) is 25.8 Å². The van der Waals surface area contributed by atoms with E-state index < -0.39 is 5.63 Å². The largest absolute Gasteiger partial charge is 0.490 e. The van der Waals surface area contributed by atoms with Gasteiger partial charge in [-0.1, -0.05) is 32.9 Å². The molecule has 0 fully saturated rings. The molecular formula is C25H26N2O4S. The normalized spacial score (nSPS) is 16.4. The van der Waals surface area contributed by atoms with E-state index in [1.165, 1.54) is 4.88 Å². The maximum absolute atomic E-state index is 13.1. The summed E-state index contributed by atoms with van der Waals surface area (Å²) in [4.78, 5) is 35.3. The highest BCUT2D eigenvalue weighted by Gasteiger charge is 2.31. The predicted molar refractivity (Wildman–Crippen MR) is 128 cm³/mol. The van der Waals surface area contributed by atoms with Gasteiger partial charge in [0.2, 0.25) is 0 Å². The zero-order chi connectivity index (χ0) is 22.6. The summed E-state index contributed by atoms with van der Waals surface area (Å²) in [5.41, 5.74) is 1.23. The third-order valence-electron chi connectivity index (χ3n) is 6.42. The molecule has 166 valence electrons. The predicted octanol–water partition coefficient (Wildman–Crippen LogP) is 5.31. The van der Waals surface area contributed by atoms with Crippen molar-refractivity contribution in [3.8, 4) is 17.1 Å². The third kappa shape index (κ3) is 3.45. The van der Waals surface area contributed by atoms with E-state index in [0.29, 0.717) is 39.5 Å². The van der Waals surface area contributed by atoms with Gasteiger partial charge in [-0.05, 0) is 55.2 Å². The number of thiophene rings is 1. The number of rotatable bonds is 3.